The second-order valence-electron chi connectivity index (χ2n) is 8.29. The van der Waals surface area contributed by atoms with E-state index in [2.05, 4.69) is 20.3 Å². The van der Waals surface area contributed by atoms with E-state index in [1.165, 1.54) is 18.5 Å². The third-order valence-electron chi connectivity index (χ3n) is 6.06. The number of hydrogen-bond donors (Lipinski definition) is 1. The molecule has 10 heteroatoms. The van der Waals surface area contributed by atoms with Crippen LogP contribution in [0.1, 0.15) is 34.5 Å². The molecular weight excluding hydrogens is 423 g/mol. The van der Waals surface area contributed by atoms with Crippen molar-refractivity contribution in [1.82, 2.24) is 19.9 Å². The van der Waals surface area contributed by atoms with Crippen LogP contribution >= 0.6 is 0 Å². The van der Waals surface area contributed by atoms with E-state index in [4.69, 9.17) is 4.42 Å². The van der Waals surface area contributed by atoms with Crippen LogP contribution in [0, 0.1) is 12.8 Å². The normalized spacial score (nSPS) is 22.4. The molecule has 1 amide bonds. The maximum Gasteiger partial charge on any atom is 0.417 e. The lowest BCUT2D eigenvalue weighted by Gasteiger charge is -2.34. The van der Waals surface area contributed by atoms with Gasteiger partial charge in [-0.2, -0.15) is 13.2 Å². The Labute approximate surface area is 181 Å². The summed E-state index contributed by atoms with van der Waals surface area (Å²) in [6, 6.07) is 3.95. The molecular formula is C22H20F3N5O2. The summed E-state index contributed by atoms with van der Waals surface area (Å²) < 4.78 is 43.8. The predicted octanol–water partition coefficient (Wildman–Crippen LogP) is 4.17. The van der Waals surface area contributed by atoms with Crippen molar-refractivity contribution in [2.75, 3.05) is 11.9 Å². The molecule has 3 atom stereocenters. The van der Waals surface area contributed by atoms with Gasteiger partial charge >= 0.3 is 6.18 Å². The first-order chi connectivity index (χ1) is 15.3. The molecule has 32 heavy (non-hydrogen) atoms. The number of fused-ring (bicyclic) bond motifs is 2. The summed E-state index contributed by atoms with van der Waals surface area (Å²) in [5, 5.41) is 3.21. The van der Waals surface area contributed by atoms with Crippen LogP contribution in [0.4, 0.5) is 19.0 Å². The monoisotopic (exact) mass is 443 g/mol. The second-order valence-corrected chi connectivity index (χ2v) is 8.29. The summed E-state index contributed by atoms with van der Waals surface area (Å²) in [5.74, 6) is 0.790. The van der Waals surface area contributed by atoms with Crippen LogP contribution in [0.25, 0.3) is 11.5 Å². The minimum absolute atomic E-state index is 0.0995. The molecule has 1 aliphatic carbocycles. The number of aryl methyl sites for hydroxylation is 1. The van der Waals surface area contributed by atoms with Gasteiger partial charge in [0.25, 0.3) is 5.91 Å². The summed E-state index contributed by atoms with van der Waals surface area (Å²) in [7, 11) is 0. The van der Waals surface area contributed by atoms with Gasteiger partial charge in [-0.3, -0.25) is 4.79 Å². The number of aromatic nitrogens is 3. The number of carbonyl (C=O) groups is 1. The molecule has 2 unspecified atom stereocenters. The summed E-state index contributed by atoms with van der Waals surface area (Å²) in [4.78, 5) is 27.7. The van der Waals surface area contributed by atoms with E-state index in [-0.39, 0.29) is 23.7 Å². The quantitative estimate of drug-likeness (QED) is 0.652. The van der Waals surface area contributed by atoms with Crippen molar-refractivity contribution in [2.45, 2.75) is 38.0 Å². The van der Waals surface area contributed by atoms with Crippen LogP contribution in [0.3, 0.4) is 0 Å². The molecule has 2 aliphatic rings. The maximum atomic E-state index is 13.4. The van der Waals surface area contributed by atoms with E-state index >= 15 is 0 Å². The first-order valence-corrected chi connectivity index (χ1v) is 10.3. The van der Waals surface area contributed by atoms with Gasteiger partial charge in [-0.25, -0.2) is 15.0 Å². The van der Waals surface area contributed by atoms with Gasteiger partial charge in [0.15, 0.2) is 0 Å². The molecule has 5 rings (SSSR count). The zero-order valence-corrected chi connectivity index (χ0v) is 17.1. The highest BCUT2D eigenvalue weighted by Crippen LogP contribution is 2.40. The van der Waals surface area contributed by atoms with Crippen LogP contribution in [0.2, 0.25) is 0 Å². The molecule has 0 radical (unpaired) electrons. The van der Waals surface area contributed by atoms with E-state index in [9.17, 15) is 18.0 Å². The van der Waals surface area contributed by atoms with Crippen molar-refractivity contribution >= 4 is 11.7 Å². The second kappa shape index (κ2) is 7.61. The maximum absolute atomic E-state index is 13.4. The lowest BCUT2D eigenvalue weighted by molar-refractivity contribution is -0.137. The van der Waals surface area contributed by atoms with Crippen molar-refractivity contribution < 1.29 is 22.4 Å². The Kier molecular flexibility index (Phi) is 4.87. The number of anilines is 1. The van der Waals surface area contributed by atoms with Gasteiger partial charge in [0.2, 0.25) is 5.89 Å². The number of amides is 1. The van der Waals surface area contributed by atoms with Crippen molar-refractivity contribution in [1.29, 1.82) is 0 Å². The Balaban J connectivity index is 1.36. The first-order valence-electron chi connectivity index (χ1n) is 10.3. The van der Waals surface area contributed by atoms with Crippen molar-refractivity contribution in [3.8, 4) is 11.5 Å². The van der Waals surface area contributed by atoms with E-state index in [0.29, 0.717) is 29.7 Å². The van der Waals surface area contributed by atoms with Gasteiger partial charge in [-0.15, -0.1) is 0 Å². The van der Waals surface area contributed by atoms with Crippen LogP contribution in [-0.2, 0) is 6.18 Å². The smallest absolute Gasteiger partial charge is 0.417 e. The van der Waals surface area contributed by atoms with Gasteiger partial charge < -0.3 is 14.6 Å². The van der Waals surface area contributed by atoms with E-state index in [1.807, 2.05) is 13.0 Å². The molecule has 0 aromatic carbocycles. The Morgan fingerprint density at radius 1 is 1.19 bits per heavy atom. The summed E-state index contributed by atoms with van der Waals surface area (Å²) in [6.45, 7) is 2.49. The van der Waals surface area contributed by atoms with Gasteiger partial charge in [-0.05, 0) is 49.4 Å². The number of oxazole rings is 1. The third kappa shape index (κ3) is 3.69. The van der Waals surface area contributed by atoms with Crippen LogP contribution in [0.15, 0.2) is 47.5 Å². The fourth-order valence-electron chi connectivity index (χ4n) is 4.65. The number of piperidine rings is 1. The number of alkyl halides is 3. The molecule has 3 aromatic rings. The summed E-state index contributed by atoms with van der Waals surface area (Å²) in [6.07, 6.45) is 2.63. The lowest BCUT2D eigenvalue weighted by Crippen LogP contribution is -2.48. The molecule has 4 heterocycles. The predicted molar refractivity (Wildman–Crippen MR) is 109 cm³/mol. The fraction of sp³-hybridized carbons (Fsp3) is 0.364. The fourth-order valence-corrected chi connectivity index (χ4v) is 4.65. The molecule has 1 N–H and O–H groups in total. The number of pyridine rings is 2. The number of nitrogens with zero attached hydrogens (tertiary/aromatic N) is 4. The Morgan fingerprint density at radius 2 is 2.03 bits per heavy atom. The number of halogens is 3. The van der Waals surface area contributed by atoms with Crippen molar-refractivity contribution in [3.05, 3.63) is 59.9 Å². The number of nitrogens with one attached hydrogen (secondary N) is 1. The number of likely N-dealkylation sites (tertiary alicyclic amines) is 1. The van der Waals surface area contributed by atoms with E-state index < -0.39 is 11.7 Å². The highest BCUT2D eigenvalue weighted by Gasteiger charge is 2.47. The molecule has 1 saturated carbocycles. The molecule has 2 bridgehead atoms. The third-order valence-corrected chi connectivity index (χ3v) is 6.06. The highest BCUT2D eigenvalue weighted by atomic mass is 19.4. The molecule has 7 nitrogen and oxygen atoms in total. The summed E-state index contributed by atoms with van der Waals surface area (Å²) in [5.41, 5.74) is 0.900. The van der Waals surface area contributed by atoms with Gasteiger partial charge in [-0.1, -0.05) is 0 Å². The number of rotatable bonds is 4. The zero-order chi connectivity index (χ0) is 22.5. The molecule has 2 fully saturated rings. The topological polar surface area (TPSA) is 84.2 Å². The zero-order valence-electron chi connectivity index (χ0n) is 17.1. The minimum atomic E-state index is -4.43. The summed E-state index contributed by atoms with van der Waals surface area (Å²) >= 11 is 0. The molecule has 1 saturated heterocycles. The highest BCUT2D eigenvalue weighted by molar-refractivity contribution is 5.98. The van der Waals surface area contributed by atoms with E-state index in [1.54, 1.807) is 11.1 Å². The van der Waals surface area contributed by atoms with Gasteiger partial charge in [0.1, 0.15) is 17.8 Å². The molecule has 3 aromatic heterocycles. The molecule has 1 aliphatic heterocycles. The minimum Gasteiger partial charge on any atom is -0.444 e. The Hall–Kier alpha value is -3.43. The molecule has 166 valence electrons. The van der Waals surface area contributed by atoms with Crippen molar-refractivity contribution in [3.63, 3.8) is 0 Å². The van der Waals surface area contributed by atoms with Crippen LogP contribution in [0.5, 0.6) is 0 Å². The number of carbonyl (C=O) groups excluding carboxylic acids is 1. The van der Waals surface area contributed by atoms with E-state index in [0.717, 1.165) is 30.7 Å². The average Bonchev–Trinajstić information content (AvgIpc) is 3.50. The van der Waals surface area contributed by atoms with Crippen LogP contribution < -0.4 is 5.32 Å². The lowest BCUT2D eigenvalue weighted by atomic mass is 10.0. The Morgan fingerprint density at radius 3 is 2.69 bits per heavy atom. The average molecular weight is 443 g/mol. The first kappa shape index (κ1) is 20.5. The van der Waals surface area contributed by atoms with Gasteiger partial charge in [0.05, 0.1) is 23.4 Å². The molecule has 0 spiro atoms. The SMILES string of the molecule is Cc1cnc(C(=O)N2C[C@H]3CC(Nc4ccc(C(F)(F)F)cn4)C2C3)c(-c2ncco2)c1. The Bertz CT molecular complexity index is 1130. The largest absolute Gasteiger partial charge is 0.444 e. The van der Waals surface area contributed by atoms with Gasteiger partial charge in [0, 0.05) is 25.0 Å². The number of hydrogen-bond acceptors (Lipinski definition) is 6. The standard InChI is InChI=1S/C22H20F3N5O2/c1-12-6-15(20-26-4-5-32-20)19(28-9-12)21(31)30-11-13-7-16(17(30)8-13)29-18-3-2-14(10-27-18)22(23,24)25/h2-6,9-10,13,16-17H,7-8,11H2,1H3,(H,27,29)/t13-,16?,17?/m0/s1. The van der Waals surface area contributed by atoms with Crippen LogP contribution in [-0.4, -0.2) is 44.4 Å². The van der Waals surface area contributed by atoms with Crippen molar-refractivity contribution in [2.24, 2.45) is 5.92 Å².